The molecule has 0 aromatic heterocycles. The molecule has 0 aliphatic carbocycles. The average molecular weight is 306 g/mol. The standard InChI is InChI=1S/C18H17F3O/c1-2-3-12-4-6-13(7-5-12)15-10-14-8-9-18(20,21)22-17(14)16(19)11-15/h4-7,10-11H,2-3,8-9H2,1H3. The van der Waals surface area contributed by atoms with Gasteiger partial charge in [-0.05, 0) is 47.2 Å². The van der Waals surface area contributed by atoms with E-state index in [1.54, 1.807) is 6.07 Å². The lowest BCUT2D eigenvalue weighted by atomic mass is 9.97. The van der Waals surface area contributed by atoms with Crippen LogP contribution in [0.3, 0.4) is 0 Å². The Morgan fingerprint density at radius 3 is 2.50 bits per heavy atom. The smallest absolute Gasteiger partial charge is 0.398 e. The van der Waals surface area contributed by atoms with Crippen LogP contribution < -0.4 is 4.74 Å². The number of aryl methyl sites for hydroxylation is 2. The fraction of sp³-hybridized carbons (Fsp3) is 0.333. The van der Waals surface area contributed by atoms with Gasteiger partial charge in [-0.2, -0.15) is 8.78 Å². The number of hydrogen-bond donors (Lipinski definition) is 0. The zero-order valence-electron chi connectivity index (χ0n) is 12.3. The molecule has 1 aliphatic rings. The van der Waals surface area contributed by atoms with Gasteiger partial charge in [0.05, 0.1) is 6.42 Å². The van der Waals surface area contributed by atoms with E-state index in [9.17, 15) is 13.2 Å². The van der Waals surface area contributed by atoms with Gasteiger partial charge in [-0.15, -0.1) is 0 Å². The molecule has 1 heterocycles. The van der Waals surface area contributed by atoms with E-state index in [1.807, 2.05) is 24.3 Å². The summed E-state index contributed by atoms with van der Waals surface area (Å²) in [5.74, 6) is -1.05. The first-order valence-corrected chi connectivity index (χ1v) is 7.47. The lowest BCUT2D eigenvalue weighted by Gasteiger charge is -2.26. The van der Waals surface area contributed by atoms with Crippen LogP contribution in [-0.4, -0.2) is 6.11 Å². The molecule has 0 N–H and O–H groups in total. The van der Waals surface area contributed by atoms with E-state index in [0.29, 0.717) is 11.1 Å². The second-order valence-electron chi connectivity index (χ2n) is 5.63. The van der Waals surface area contributed by atoms with Crippen LogP contribution in [0.25, 0.3) is 11.1 Å². The molecule has 0 radical (unpaired) electrons. The van der Waals surface area contributed by atoms with Crippen molar-refractivity contribution < 1.29 is 17.9 Å². The van der Waals surface area contributed by atoms with Crippen LogP contribution in [0, 0.1) is 5.82 Å². The van der Waals surface area contributed by atoms with Crippen LogP contribution in [0.15, 0.2) is 36.4 Å². The van der Waals surface area contributed by atoms with Crippen LogP contribution in [0.1, 0.15) is 30.9 Å². The molecule has 0 spiro atoms. The van der Waals surface area contributed by atoms with Crippen molar-refractivity contribution in [1.82, 2.24) is 0 Å². The summed E-state index contributed by atoms with van der Waals surface area (Å²) in [6, 6.07) is 10.9. The van der Waals surface area contributed by atoms with E-state index in [-0.39, 0.29) is 12.2 Å². The first kappa shape index (κ1) is 14.9. The Balaban J connectivity index is 1.94. The molecular weight excluding hydrogens is 289 g/mol. The molecule has 0 atom stereocenters. The zero-order valence-corrected chi connectivity index (χ0v) is 12.3. The molecule has 2 aromatic carbocycles. The number of ether oxygens (including phenoxy) is 1. The van der Waals surface area contributed by atoms with Crippen molar-refractivity contribution in [2.75, 3.05) is 0 Å². The summed E-state index contributed by atoms with van der Waals surface area (Å²) >= 11 is 0. The summed E-state index contributed by atoms with van der Waals surface area (Å²) < 4.78 is 45.0. The van der Waals surface area contributed by atoms with Crippen molar-refractivity contribution in [3.63, 3.8) is 0 Å². The van der Waals surface area contributed by atoms with Gasteiger partial charge in [0, 0.05) is 0 Å². The minimum absolute atomic E-state index is 0.112. The third-order valence-corrected chi connectivity index (χ3v) is 3.88. The first-order chi connectivity index (χ1) is 10.5. The Kier molecular flexibility index (Phi) is 3.85. The summed E-state index contributed by atoms with van der Waals surface area (Å²) in [7, 11) is 0. The van der Waals surface area contributed by atoms with Crippen molar-refractivity contribution in [2.45, 2.75) is 38.7 Å². The van der Waals surface area contributed by atoms with Gasteiger partial charge < -0.3 is 4.74 Å². The van der Waals surface area contributed by atoms with Crippen molar-refractivity contribution in [3.05, 3.63) is 53.3 Å². The highest BCUT2D eigenvalue weighted by atomic mass is 19.3. The molecule has 0 unspecified atom stereocenters. The van der Waals surface area contributed by atoms with E-state index in [0.717, 1.165) is 18.4 Å². The topological polar surface area (TPSA) is 9.23 Å². The van der Waals surface area contributed by atoms with Gasteiger partial charge in [0.1, 0.15) is 0 Å². The minimum atomic E-state index is -3.28. The molecule has 0 amide bonds. The highest BCUT2D eigenvalue weighted by Crippen LogP contribution is 2.39. The Hall–Kier alpha value is -1.97. The Morgan fingerprint density at radius 2 is 1.82 bits per heavy atom. The molecule has 0 saturated heterocycles. The SMILES string of the molecule is CCCc1ccc(-c2cc(F)c3c(c2)CCC(F)(F)O3)cc1. The molecular formula is C18H17F3O. The van der Waals surface area contributed by atoms with Crippen molar-refractivity contribution in [3.8, 4) is 16.9 Å². The molecule has 4 heteroatoms. The van der Waals surface area contributed by atoms with Crippen LogP contribution >= 0.6 is 0 Å². The Morgan fingerprint density at radius 1 is 1.09 bits per heavy atom. The van der Waals surface area contributed by atoms with Gasteiger partial charge in [0.15, 0.2) is 11.6 Å². The van der Waals surface area contributed by atoms with Crippen molar-refractivity contribution >= 4 is 0 Å². The maximum absolute atomic E-state index is 14.1. The van der Waals surface area contributed by atoms with Crippen LogP contribution in [0.4, 0.5) is 13.2 Å². The van der Waals surface area contributed by atoms with E-state index in [1.165, 1.54) is 11.6 Å². The molecule has 0 saturated carbocycles. The number of halogens is 3. The number of alkyl halides is 2. The molecule has 3 rings (SSSR count). The van der Waals surface area contributed by atoms with Crippen LogP contribution in [0.2, 0.25) is 0 Å². The monoisotopic (exact) mass is 306 g/mol. The predicted molar refractivity (Wildman–Crippen MR) is 79.7 cm³/mol. The summed E-state index contributed by atoms with van der Waals surface area (Å²) in [6.45, 7) is 2.11. The largest absolute Gasteiger partial charge is 0.429 e. The van der Waals surface area contributed by atoms with Crippen LogP contribution in [-0.2, 0) is 12.8 Å². The average Bonchev–Trinajstić information content (AvgIpc) is 2.48. The highest BCUT2D eigenvalue weighted by molar-refractivity contribution is 5.66. The van der Waals surface area contributed by atoms with Crippen molar-refractivity contribution in [2.24, 2.45) is 0 Å². The number of hydrogen-bond acceptors (Lipinski definition) is 1. The molecule has 1 aliphatic heterocycles. The minimum Gasteiger partial charge on any atom is -0.429 e. The Labute approximate surface area is 127 Å². The molecule has 0 fully saturated rings. The first-order valence-electron chi connectivity index (χ1n) is 7.47. The quantitative estimate of drug-likeness (QED) is 0.741. The number of fused-ring (bicyclic) bond motifs is 1. The lowest BCUT2D eigenvalue weighted by molar-refractivity contribution is -0.188. The number of rotatable bonds is 3. The predicted octanol–water partition coefficient (Wildman–Crippen LogP) is 5.36. The second kappa shape index (κ2) is 5.67. The van der Waals surface area contributed by atoms with Crippen LogP contribution in [0.5, 0.6) is 5.75 Å². The van der Waals surface area contributed by atoms with Gasteiger partial charge in [-0.1, -0.05) is 37.6 Å². The van der Waals surface area contributed by atoms with Gasteiger partial charge >= 0.3 is 6.11 Å². The fourth-order valence-electron chi connectivity index (χ4n) is 2.75. The highest BCUT2D eigenvalue weighted by Gasteiger charge is 2.37. The van der Waals surface area contributed by atoms with E-state index in [2.05, 4.69) is 11.7 Å². The molecule has 0 bridgehead atoms. The van der Waals surface area contributed by atoms with Gasteiger partial charge in [-0.3, -0.25) is 0 Å². The third-order valence-electron chi connectivity index (χ3n) is 3.88. The Bertz CT molecular complexity index is 677. The van der Waals surface area contributed by atoms with Gasteiger partial charge in [0.2, 0.25) is 0 Å². The second-order valence-corrected chi connectivity index (χ2v) is 5.63. The molecule has 2 aromatic rings. The van der Waals surface area contributed by atoms with E-state index < -0.39 is 18.3 Å². The molecule has 116 valence electrons. The van der Waals surface area contributed by atoms with Gasteiger partial charge in [0.25, 0.3) is 0 Å². The van der Waals surface area contributed by atoms with Gasteiger partial charge in [-0.25, -0.2) is 4.39 Å². The summed E-state index contributed by atoms with van der Waals surface area (Å²) in [4.78, 5) is 0. The third kappa shape index (κ3) is 2.96. The maximum atomic E-state index is 14.1. The summed E-state index contributed by atoms with van der Waals surface area (Å²) in [6.07, 6.45) is -1.52. The summed E-state index contributed by atoms with van der Waals surface area (Å²) in [5.41, 5.74) is 3.29. The fourth-order valence-corrected chi connectivity index (χ4v) is 2.75. The van der Waals surface area contributed by atoms with Crippen molar-refractivity contribution in [1.29, 1.82) is 0 Å². The summed E-state index contributed by atoms with van der Waals surface area (Å²) in [5, 5.41) is 0. The van der Waals surface area contributed by atoms with E-state index in [4.69, 9.17) is 0 Å². The molecule has 22 heavy (non-hydrogen) atoms. The zero-order chi connectivity index (χ0) is 15.7. The molecule has 1 nitrogen and oxygen atoms in total. The lowest BCUT2D eigenvalue weighted by Crippen LogP contribution is -2.30. The van der Waals surface area contributed by atoms with E-state index >= 15 is 0 Å². The normalized spacial score (nSPS) is 16.0. The number of benzene rings is 2. The maximum Gasteiger partial charge on any atom is 0.398 e.